The molecule has 1 aliphatic heterocycles. The molecule has 0 N–H and O–H groups in total. The minimum absolute atomic E-state index is 0.000695. The monoisotopic (exact) mass is 429 g/mol. The minimum atomic E-state index is -0.711. The van der Waals surface area contributed by atoms with Gasteiger partial charge in [0.2, 0.25) is 5.43 Å². The molecule has 0 saturated carbocycles. The average Bonchev–Trinajstić information content (AvgIpc) is 2.61. The maximum atomic E-state index is 12.5. The number of methoxy groups -OCH3 is 2. The summed E-state index contributed by atoms with van der Waals surface area (Å²) in [6.07, 6.45) is 3.41. The normalized spacial score (nSPS) is 24.8. The van der Waals surface area contributed by atoms with E-state index in [1.807, 2.05) is 11.5 Å². The lowest BCUT2D eigenvalue weighted by Gasteiger charge is -2.47. The van der Waals surface area contributed by atoms with Crippen LogP contribution in [0.4, 0.5) is 0 Å². The summed E-state index contributed by atoms with van der Waals surface area (Å²) >= 11 is 3.28. The van der Waals surface area contributed by atoms with E-state index in [-0.39, 0.29) is 30.5 Å². The number of aldehydes is 1. The van der Waals surface area contributed by atoms with E-state index >= 15 is 0 Å². The van der Waals surface area contributed by atoms with E-state index in [0.29, 0.717) is 23.3 Å². The first-order chi connectivity index (χ1) is 12.4. The lowest BCUT2D eigenvalue weighted by atomic mass is 9.72. The van der Waals surface area contributed by atoms with E-state index in [4.69, 9.17) is 18.9 Å². The lowest BCUT2D eigenvalue weighted by Crippen LogP contribution is -2.49. The molecule has 0 spiro atoms. The standard InChI is InChI=1S/C18H24BrNO6/c1-5-8-25-13-10-20-9-12(19)15(22)16(24-4)14(20)17(26-11-23-3)18(13,2)6-7-21/h5,7,9,13,17H,1,6,8,10-11H2,2-4H3. The number of hydrogen-bond donors (Lipinski definition) is 0. The van der Waals surface area contributed by atoms with Crippen LogP contribution in [0, 0.1) is 5.41 Å². The van der Waals surface area contributed by atoms with Crippen LogP contribution in [0.25, 0.3) is 0 Å². The number of carbonyl (C=O) groups is 1. The molecular weight excluding hydrogens is 406 g/mol. The third kappa shape index (κ3) is 3.78. The highest BCUT2D eigenvalue weighted by molar-refractivity contribution is 9.10. The smallest absolute Gasteiger partial charge is 0.237 e. The highest BCUT2D eigenvalue weighted by Crippen LogP contribution is 2.49. The molecule has 3 unspecified atom stereocenters. The van der Waals surface area contributed by atoms with E-state index in [1.165, 1.54) is 14.2 Å². The minimum Gasteiger partial charge on any atom is -0.491 e. The summed E-state index contributed by atoms with van der Waals surface area (Å²) in [5, 5.41) is 0. The summed E-state index contributed by atoms with van der Waals surface area (Å²) in [5.74, 6) is 0.180. The first-order valence-electron chi connectivity index (χ1n) is 8.18. The summed E-state index contributed by atoms with van der Waals surface area (Å²) in [7, 11) is 2.95. The molecule has 1 aliphatic rings. The Morgan fingerprint density at radius 1 is 1.42 bits per heavy atom. The van der Waals surface area contributed by atoms with Crippen molar-refractivity contribution < 1.29 is 23.7 Å². The Morgan fingerprint density at radius 2 is 2.15 bits per heavy atom. The Hall–Kier alpha value is -1.48. The molecule has 0 aromatic carbocycles. The van der Waals surface area contributed by atoms with Crippen LogP contribution in [-0.4, -0.2) is 44.6 Å². The first-order valence-corrected chi connectivity index (χ1v) is 8.97. The molecule has 0 bridgehead atoms. The van der Waals surface area contributed by atoms with Gasteiger partial charge in [0.15, 0.2) is 5.75 Å². The fourth-order valence-corrected chi connectivity index (χ4v) is 3.78. The highest BCUT2D eigenvalue weighted by atomic mass is 79.9. The van der Waals surface area contributed by atoms with Gasteiger partial charge in [-0.15, -0.1) is 6.58 Å². The topological polar surface area (TPSA) is 76.0 Å². The van der Waals surface area contributed by atoms with E-state index < -0.39 is 11.5 Å². The van der Waals surface area contributed by atoms with Gasteiger partial charge in [0.25, 0.3) is 0 Å². The van der Waals surface area contributed by atoms with E-state index in [9.17, 15) is 9.59 Å². The van der Waals surface area contributed by atoms with Crippen molar-refractivity contribution in [2.24, 2.45) is 5.41 Å². The van der Waals surface area contributed by atoms with Crippen LogP contribution in [-0.2, 0) is 25.5 Å². The van der Waals surface area contributed by atoms with Crippen molar-refractivity contribution in [2.75, 3.05) is 27.6 Å². The Bertz CT molecular complexity index is 718. The Morgan fingerprint density at radius 3 is 2.73 bits per heavy atom. The van der Waals surface area contributed by atoms with Crippen LogP contribution in [0.1, 0.15) is 25.1 Å². The molecule has 2 heterocycles. The van der Waals surface area contributed by atoms with Gasteiger partial charge in [-0.1, -0.05) is 13.0 Å². The molecule has 26 heavy (non-hydrogen) atoms. The Kier molecular flexibility index (Phi) is 7.16. The molecule has 144 valence electrons. The molecule has 1 aromatic heterocycles. The van der Waals surface area contributed by atoms with Crippen molar-refractivity contribution in [3.05, 3.63) is 39.2 Å². The molecule has 0 saturated heterocycles. The zero-order valence-electron chi connectivity index (χ0n) is 15.2. The number of rotatable bonds is 9. The first kappa shape index (κ1) is 20.8. The number of hydrogen-bond acceptors (Lipinski definition) is 6. The third-order valence-electron chi connectivity index (χ3n) is 4.67. The van der Waals surface area contributed by atoms with Gasteiger partial charge < -0.3 is 28.3 Å². The predicted molar refractivity (Wildman–Crippen MR) is 99.4 cm³/mol. The average molecular weight is 430 g/mol. The summed E-state index contributed by atoms with van der Waals surface area (Å²) in [6, 6.07) is 0. The van der Waals surface area contributed by atoms with E-state index in [0.717, 1.165) is 6.29 Å². The number of halogens is 1. The van der Waals surface area contributed by atoms with Gasteiger partial charge in [-0.05, 0) is 15.9 Å². The van der Waals surface area contributed by atoms with Crippen molar-refractivity contribution in [2.45, 2.75) is 32.1 Å². The van der Waals surface area contributed by atoms with Crippen LogP contribution in [0.5, 0.6) is 5.75 Å². The van der Waals surface area contributed by atoms with Gasteiger partial charge in [-0.25, -0.2) is 0 Å². The SMILES string of the molecule is C=CCOC1Cn2cc(Br)c(=O)c(OC)c2C(OCOC)C1(C)CC=O. The lowest BCUT2D eigenvalue weighted by molar-refractivity contribution is -0.177. The summed E-state index contributed by atoms with van der Waals surface area (Å²) in [6.45, 7) is 6.37. The summed E-state index contributed by atoms with van der Waals surface area (Å²) in [4.78, 5) is 24.0. The number of pyridine rings is 1. The molecule has 8 heteroatoms. The Labute approximate surface area is 161 Å². The molecule has 0 aliphatic carbocycles. The van der Waals surface area contributed by atoms with Crippen molar-refractivity contribution in [1.29, 1.82) is 0 Å². The second-order valence-corrected chi connectivity index (χ2v) is 7.17. The van der Waals surface area contributed by atoms with Crippen LogP contribution >= 0.6 is 15.9 Å². The maximum Gasteiger partial charge on any atom is 0.237 e. The van der Waals surface area contributed by atoms with Crippen LogP contribution in [0.15, 0.2) is 28.1 Å². The van der Waals surface area contributed by atoms with Gasteiger partial charge in [0.1, 0.15) is 19.2 Å². The largest absolute Gasteiger partial charge is 0.491 e. The van der Waals surface area contributed by atoms with E-state index in [2.05, 4.69) is 22.5 Å². The van der Waals surface area contributed by atoms with Crippen molar-refractivity contribution in [3.8, 4) is 5.75 Å². The molecular formula is C18H24BrNO6. The van der Waals surface area contributed by atoms with Crippen LogP contribution in [0.3, 0.4) is 0 Å². The van der Waals surface area contributed by atoms with E-state index in [1.54, 1.807) is 12.3 Å². The van der Waals surface area contributed by atoms with Gasteiger partial charge >= 0.3 is 0 Å². The van der Waals surface area contributed by atoms with Gasteiger partial charge in [0.05, 0.1) is 30.0 Å². The van der Waals surface area contributed by atoms with Crippen molar-refractivity contribution in [3.63, 3.8) is 0 Å². The quantitative estimate of drug-likeness (QED) is 0.341. The molecule has 3 atom stereocenters. The number of fused-ring (bicyclic) bond motifs is 1. The maximum absolute atomic E-state index is 12.5. The molecule has 2 rings (SSSR count). The molecule has 7 nitrogen and oxygen atoms in total. The highest BCUT2D eigenvalue weighted by Gasteiger charge is 2.50. The zero-order valence-corrected chi connectivity index (χ0v) is 16.8. The summed E-state index contributed by atoms with van der Waals surface area (Å²) < 4.78 is 24.6. The molecule has 0 fully saturated rings. The fourth-order valence-electron chi connectivity index (χ4n) is 3.36. The number of nitrogens with zero attached hydrogens (tertiary/aromatic N) is 1. The molecule has 0 radical (unpaired) electrons. The second kappa shape index (κ2) is 8.94. The number of aromatic nitrogens is 1. The van der Waals surface area contributed by atoms with Crippen LogP contribution < -0.4 is 10.2 Å². The van der Waals surface area contributed by atoms with Crippen molar-refractivity contribution >= 4 is 22.2 Å². The Balaban J connectivity index is 2.67. The van der Waals surface area contributed by atoms with Gasteiger partial charge in [-0.2, -0.15) is 0 Å². The third-order valence-corrected chi connectivity index (χ3v) is 5.24. The number of ether oxygens (including phenoxy) is 4. The van der Waals surface area contributed by atoms with Gasteiger partial charge in [-0.3, -0.25) is 4.79 Å². The molecule has 1 aromatic rings. The zero-order chi connectivity index (χ0) is 19.3. The van der Waals surface area contributed by atoms with Crippen LogP contribution in [0.2, 0.25) is 0 Å². The second-order valence-electron chi connectivity index (χ2n) is 6.32. The number of carbonyl (C=O) groups excluding carboxylic acids is 1. The molecule has 0 amide bonds. The predicted octanol–water partition coefficient (Wildman–Crippen LogP) is 2.46. The van der Waals surface area contributed by atoms with Crippen molar-refractivity contribution in [1.82, 2.24) is 4.57 Å². The summed E-state index contributed by atoms with van der Waals surface area (Å²) in [5.41, 5.74) is -0.416. The fraction of sp³-hybridized carbons (Fsp3) is 0.556. The van der Waals surface area contributed by atoms with Gasteiger partial charge in [0, 0.05) is 31.7 Å².